The number of urea groups is 1. The SMILES string of the molecule is CC[C@H]1NC(=O)N(c2ccc(Oc3cccc4c3C(C)OC4)nc2)C1O. The number of anilines is 1. The van der Waals surface area contributed by atoms with Crippen molar-refractivity contribution in [3.63, 3.8) is 0 Å². The smallest absolute Gasteiger partial charge is 0.324 e. The van der Waals surface area contributed by atoms with E-state index in [0.717, 1.165) is 16.9 Å². The zero-order valence-electron chi connectivity index (χ0n) is 14.7. The van der Waals surface area contributed by atoms with Crippen LogP contribution < -0.4 is 15.0 Å². The molecule has 2 unspecified atom stereocenters. The number of carbonyl (C=O) groups is 1. The standard InChI is InChI=1S/C19H21N3O4/c1-3-14-18(23)22(19(24)21-14)13-7-8-16(20-9-13)26-15-6-4-5-12-10-25-11(2)17(12)15/h4-9,11,14,18,23H,3,10H2,1-2H3,(H,21,24)/t11?,14-,18?/m1/s1. The van der Waals surface area contributed by atoms with Crippen LogP contribution in [0.2, 0.25) is 0 Å². The summed E-state index contributed by atoms with van der Waals surface area (Å²) >= 11 is 0. The minimum atomic E-state index is -0.906. The summed E-state index contributed by atoms with van der Waals surface area (Å²) in [5, 5.41) is 13.0. The predicted octanol–water partition coefficient (Wildman–Crippen LogP) is 3.09. The first-order chi connectivity index (χ1) is 12.6. The molecule has 26 heavy (non-hydrogen) atoms. The number of nitrogens with zero attached hydrogens (tertiary/aromatic N) is 2. The van der Waals surface area contributed by atoms with Crippen LogP contribution in [0.1, 0.15) is 37.5 Å². The third kappa shape index (κ3) is 2.79. The summed E-state index contributed by atoms with van der Waals surface area (Å²) in [6, 6.07) is 8.64. The minimum absolute atomic E-state index is 0.0186. The van der Waals surface area contributed by atoms with Crippen LogP contribution in [-0.4, -0.2) is 28.4 Å². The van der Waals surface area contributed by atoms with Gasteiger partial charge >= 0.3 is 6.03 Å². The van der Waals surface area contributed by atoms with Crippen molar-refractivity contribution in [2.75, 3.05) is 4.90 Å². The Bertz CT molecular complexity index is 824. The fourth-order valence-electron chi connectivity index (χ4n) is 3.44. The number of ether oxygens (including phenoxy) is 2. The fourth-order valence-corrected chi connectivity index (χ4v) is 3.44. The zero-order valence-corrected chi connectivity index (χ0v) is 14.7. The quantitative estimate of drug-likeness (QED) is 0.880. The van der Waals surface area contributed by atoms with Gasteiger partial charge in [-0.05, 0) is 31.0 Å². The number of benzene rings is 1. The number of nitrogens with one attached hydrogen (secondary N) is 1. The summed E-state index contributed by atoms with van der Waals surface area (Å²) in [7, 11) is 0. The average Bonchev–Trinajstić information content (AvgIpc) is 3.16. The maximum atomic E-state index is 12.1. The molecule has 7 heteroatoms. The molecule has 1 aromatic carbocycles. The molecule has 0 spiro atoms. The van der Waals surface area contributed by atoms with E-state index in [2.05, 4.69) is 10.3 Å². The highest BCUT2D eigenvalue weighted by Crippen LogP contribution is 2.38. The molecule has 2 aromatic rings. The van der Waals surface area contributed by atoms with E-state index >= 15 is 0 Å². The van der Waals surface area contributed by atoms with Crippen molar-refractivity contribution >= 4 is 11.7 Å². The second-order valence-electron chi connectivity index (χ2n) is 6.49. The van der Waals surface area contributed by atoms with Crippen LogP contribution >= 0.6 is 0 Å². The number of hydrogen-bond acceptors (Lipinski definition) is 5. The zero-order chi connectivity index (χ0) is 18.3. The second-order valence-corrected chi connectivity index (χ2v) is 6.49. The first-order valence-electron chi connectivity index (χ1n) is 8.73. The van der Waals surface area contributed by atoms with Crippen molar-refractivity contribution in [1.29, 1.82) is 0 Å². The topological polar surface area (TPSA) is 83.9 Å². The van der Waals surface area contributed by atoms with Crippen molar-refractivity contribution < 1.29 is 19.4 Å². The number of pyridine rings is 1. The lowest BCUT2D eigenvalue weighted by atomic mass is 10.1. The molecule has 2 N–H and O–H groups in total. The van der Waals surface area contributed by atoms with Crippen LogP contribution in [0.25, 0.3) is 0 Å². The number of fused-ring (bicyclic) bond motifs is 1. The molecule has 4 rings (SSSR count). The molecule has 7 nitrogen and oxygen atoms in total. The Morgan fingerprint density at radius 1 is 1.38 bits per heavy atom. The number of aromatic nitrogens is 1. The summed E-state index contributed by atoms with van der Waals surface area (Å²) in [6.45, 7) is 4.49. The van der Waals surface area contributed by atoms with Gasteiger partial charge in [-0.15, -0.1) is 0 Å². The van der Waals surface area contributed by atoms with E-state index < -0.39 is 6.23 Å². The van der Waals surface area contributed by atoms with E-state index in [1.807, 2.05) is 32.0 Å². The molecule has 0 saturated carbocycles. The van der Waals surface area contributed by atoms with Gasteiger partial charge in [-0.3, -0.25) is 4.90 Å². The first-order valence-corrected chi connectivity index (χ1v) is 8.73. The van der Waals surface area contributed by atoms with Crippen molar-refractivity contribution in [3.8, 4) is 11.6 Å². The summed E-state index contributed by atoms with van der Waals surface area (Å²) in [6.07, 6.45) is 1.25. The lowest BCUT2D eigenvalue weighted by Gasteiger charge is -2.20. The molecular formula is C19H21N3O4. The highest BCUT2D eigenvalue weighted by molar-refractivity contribution is 5.94. The van der Waals surface area contributed by atoms with Gasteiger partial charge in [-0.25, -0.2) is 9.78 Å². The summed E-state index contributed by atoms with van der Waals surface area (Å²) in [4.78, 5) is 17.7. The van der Waals surface area contributed by atoms with Gasteiger partial charge in [0.2, 0.25) is 5.88 Å². The lowest BCUT2D eigenvalue weighted by molar-refractivity contribution is 0.0787. The lowest BCUT2D eigenvalue weighted by Crippen LogP contribution is -2.36. The molecular weight excluding hydrogens is 334 g/mol. The average molecular weight is 355 g/mol. The second kappa shape index (κ2) is 6.59. The summed E-state index contributed by atoms with van der Waals surface area (Å²) < 4.78 is 11.6. The highest BCUT2D eigenvalue weighted by Gasteiger charge is 2.38. The predicted molar refractivity (Wildman–Crippen MR) is 95.1 cm³/mol. The number of carbonyl (C=O) groups excluding carboxylic acids is 1. The number of hydrogen-bond donors (Lipinski definition) is 2. The monoisotopic (exact) mass is 355 g/mol. The molecule has 1 saturated heterocycles. The molecule has 2 amide bonds. The van der Waals surface area contributed by atoms with Gasteiger partial charge in [0, 0.05) is 11.6 Å². The van der Waals surface area contributed by atoms with Gasteiger partial charge in [0.05, 0.1) is 30.6 Å². The first kappa shape index (κ1) is 16.8. The Morgan fingerprint density at radius 2 is 2.23 bits per heavy atom. The third-order valence-electron chi connectivity index (χ3n) is 4.86. The molecule has 3 atom stereocenters. The Labute approximate surface area is 151 Å². The van der Waals surface area contributed by atoms with Crippen molar-refractivity contribution in [2.24, 2.45) is 0 Å². The largest absolute Gasteiger partial charge is 0.439 e. The molecule has 0 aliphatic carbocycles. The van der Waals surface area contributed by atoms with Crippen molar-refractivity contribution in [1.82, 2.24) is 10.3 Å². The highest BCUT2D eigenvalue weighted by atomic mass is 16.5. The Balaban J connectivity index is 1.55. The molecule has 136 valence electrons. The number of rotatable bonds is 4. The van der Waals surface area contributed by atoms with Gasteiger partial charge in [0.25, 0.3) is 0 Å². The molecule has 2 aliphatic rings. The molecule has 0 bridgehead atoms. The summed E-state index contributed by atoms with van der Waals surface area (Å²) in [5.41, 5.74) is 2.68. The number of aliphatic hydroxyl groups excluding tert-OH is 1. The van der Waals surface area contributed by atoms with Gasteiger partial charge < -0.3 is 19.9 Å². The van der Waals surface area contributed by atoms with Crippen LogP contribution in [0, 0.1) is 0 Å². The third-order valence-corrected chi connectivity index (χ3v) is 4.86. The van der Waals surface area contributed by atoms with Crippen molar-refractivity contribution in [3.05, 3.63) is 47.7 Å². The van der Waals surface area contributed by atoms with Crippen LogP contribution in [0.15, 0.2) is 36.5 Å². The van der Waals surface area contributed by atoms with Gasteiger partial charge in [-0.1, -0.05) is 19.1 Å². The van der Waals surface area contributed by atoms with Crippen LogP contribution in [0.3, 0.4) is 0 Å². The van der Waals surface area contributed by atoms with Gasteiger partial charge in [0.1, 0.15) is 5.75 Å². The number of amides is 2. The van der Waals surface area contributed by atoms with Crippen molar-refractivity contribution in [2.45, 2.75) is 45.2 Å². The molecule has 0 radical (unpaired) electrons. The van der Waals surface area contributed by atoms with Crippen LogP contribution in [0.5, 0.6) is 11.6 Å². The van der Waals surface area contributed by atoms with E-state index in [4.69, 9.17) is 9.47 Å². The minimum Gasteiger partial charge on any atom is -0.439 e. The molecule has 1 aromatic heterocycles. The Kier molecular flexibility index (Phi) is 4.26. The van der Waals surface area contributed by atoms with E-state index in [0.29, 0.717) is 24.6 Å². The van der Waals surface area contributed by atoms with Gasteiger partial charge in [0.15, 0.2) is 6.23 Å². The Morgan fingerprint density at radius 3 is 2.92 bits per heavy atom. The maximum Gasteiger partial charge on any atom is 0.324 e. The molecule has 2 aliphatic heterocycles. The fraction of sp³-hybridized carbons (Fsp3) is 0.368. The molecule has 3 heterocycles. The maximum absolute atomic E-state index is 12.1. The number of aliphatic hydroxyl groups is 1. The van der Waals surface area contributed by atoms with E-state index in [1.54, 1.807) is 12.1 Å². The van der Waals surface area contributed by atoms with Crippen LogP contribution in [-0.2, 0) is 11.3 Å². The summed E-state index contributed by atoms with van der Waals surface area (Å²) in [5.74, 6) is 1.14. The van der Waals surface area contributed by atoms with E-state index in [9.17, 15) is 9.90 Å². The Hall–Kier alpha value is -2.64. The van der Waals surface area contributed by atoms with E-state index in [-0.39, 0.29) is 18.2 Å². The molecule has 1 fully saturated rings. The normalized spacial score (nSPS) is 24.5. The van der Waals surface area contributed by atoms with E-state index in [1.165, 1.54) is 11.1 Å². The van der Waals surface area contributed by atoms with Gasteiger partial charge in [-0.2, -0.15) is 0 Å². The van der Waals surface area contributed by atoms with Crippen LogP contribution in [0.4, 0.5) is 10.5 Å².